The summed E-state index contributed by atoms with van der Waals surface area (Å²) in [4.78, 5) is 52.6. The van der Waals surface area contributed by atoms with Crippen molar-refractivity contribution in [3.8, 4) is 0 Å². The van der Waals surface area contributed by atoms with Crippen molar-refractivity contribution in [3.05, 3.63) is 17.1 Å². The number of nitrogen functional groups attached to an aromatic ring is 3. The van der Waals surface area contributed by atoms with E-state index in [1.54, 1.807) is 18.5 Å². The maximum atomic E-state index is 13.0. The Bertz CT molecular complexity index is 1270. The summed E-state index contributed by atoms with van der Waals surface area (Å²) in [7, 11) is 2.95. The molecule has 2 amide bonds. The van der Waals surface area contributed by atoms with Crippen molar-refractivity contribution in [1.29, 1.82) is 0 Å². The van der Waals surface area contributed by atoms with E-state index in [1.165, 1.54) is 28.4 Å². The highest BCUT2D eigenvalue weighted by atomic mass is 32.2. The maximum absolute atomic E-state index is 13.0. The SMILES string of the molecule is CNc1cc(N)nc(SCC2(C(=O)O)CS[C@@H]3C(NC(=O)C(=NOC)c4csc(N)n4)C(=O)N3C2)[n+]1N. The van der Waals surface area contributed by atoms with Gasteiger partial charge >= 0.3 is 11.1 Å². The first kappa shape index (κ1) is 26.6. The molecule has 37 heavy (non-hydrogen) atoms. The third-order valence-corrected chi connectivity index (χ3v) is 9.26. The second-order valence-electron chi connectivity index (χ2n) is 8.16. The highest BCUT2D eigenvalue weighted by molar-refractivity contribution is 8.00. The zero-order valence-corrected chi connectivity index (χ0v) is 22.2. The lowest BCUT2D eigenvalue weighted by molar-refractivity contribution is -0.667. The van der Waals surface area contributed by atoms with E-state index in [1.807, 2.05) is 0 Å². The molecule has 198 valence electrons. The predicted molar refractivity (Wildman–Crippen MR) is 139 cm³/mol. The number of hydrogen-bond acceptors (Lipinski definition) is 14. The van der Waals surface area contributed by atoms with E-state index >= 15 is 0 Å². The van der Waals surface area contributed by atoms with E-state index in [4.69, 9.17) is 22.1 Å². The molecule has 2 aliphatic rings. The number of β-lactam (4-membered cyclic amide) rings is 1. The average Bonchev–Trinajstić information content (AvgIpc) is 3.31. The van der Waals surface area contributed by atoms with Crippen LogP contribution in [-0.4, -0.2) is 87.1 Å². The maximum Gasteiger partial charge on any atom is 0.322 e. The third-order valence-electron chi connectivity index (χ3n) is 5.76. The summed E-state index contributed by atoms with van der Waals surface area (Å²) in [5, 5.41) is 21.1. The number of carboxylic acids is 1. The minimum Gasteiger partial charge on any atom is -0.481 e. The van der Waals surface area contributed by atoms with Crippen molar-refractivity contribution in [2.75, 3.05) is 54.8 Å². The molecule has 0 radical (unpaired) electrons. The van der Waals surface area contributed by atoms with E-state index in [2.05, 4.69) is 25.8 Å². The number of aliphatic carboxylic acids is 1. The van der Waals surface area contributed by atoms with Crippen LogP contribution in [0.15, 0.2) is 21.8 Å². The molecular formula is C19H25N10O5S3+. The fraction of sp³-hybridized carbons (Fsp3) is 0.421. The number of thiazole rings is 1. The second kappa shape index (κ2) is 10.5. The van der Waals surface area contributed by atoms with Crippen LogP contribution in [0.4, 0.5) is 16.8 Å². The number of thioether (sulfide) groups is 2. The Labute approximate surface area is 223 Å². The minimum absolute atomic E-state index is 0.0361. The molecule has 0 bridgehead atoms. The van der Waals surface area contributed by atoms with Gasteiger partial charge in [0, 0.05) is 30.5 Å². The second-order valence-corrected chi connectivity index (χ2v) is 11.1. The van der Waals surface area contributed by atoms with Crippen molar-refractivity contribution < 1.29 is 29.0 Å². The van der Waals surface area contributed by atoms with Crippen LogP contribution in [0.25, 0.3) is 0 Å². The van der Waals surface area contributed by atoms with Crippen LogP contribution in [0.1, 0.15) is 5.69 Å². The van der Waals surface area contributed by atoms with Gasteiger partial charge in [-0.25, -0.2) is 4.98 Å². The first-order chi connectivity index (χ1) is 17.6. The molecule has 15 nitrogen and oxygen atoms in total. The van der Waals surface area contributed by atoms with E-state index < -0.39 is 34.6 Å². The molecule has 0 saturated carbocycles. The molecule has 0 aromatic carbocycles. The van der Waals surface area contributed by atoms with Gasteiger partial charge in [0.2, 0.25) is 17.5 Å². The van der Waals surface area contributed by atoms with Gasteiger partial charge in [-0.3, -0.25) is 20.2 Å². The number of anilines is 3. The summed E-state index contributed by atoms with van der Waals surface area (Å²) in [6.45, 7) is -0.0361. The van der Waals surface area contributed by atoms with Gasteiger partial charge in [0.15, 0.2) is 10.8 Å². The number of amides is 2. The molecule has 4 rings (SSSR count). The monoisotopic (exact) mass is 569 g/mol. The number of carbonyl (C=O) groups is 3. The number of aromatic nitrogens is 3. The van der Waals surface area contributed by atoms with Crippen LogP contribution >= 0.6 is 34.9 Å². The molecule has 2 aromatic rings. The molecule has 2 saturated heterocycles. The van der Waals surface area contributed by atoms with Crippen LogP contribution in [0, 0.1) is 5.41 Å². The Morgan fingerprint density at radius 3 is 2.81 bits per heavy atom. The normalized spacial score (nSPS) is 23.1. The number of nitrogens with one attached hydrogen (secondary N) is 2. The lowest BCUT2D eigenvalue weighted by Crippen LogP contribution is -2.74. The Kier molecular flexibility index (Phi) is 7.51. The molecule has 2 aliphatic heterocycles. The Morgan fingerprint density at radius 2 is 2.19 bits per heavy atom. The van der Waals surface area contributed by atoms with Crippen molar-refractivity contribution in [2.45, 2.75) is 16.6 Å². The quantitative estimate of drug-likeness (QED) is 0.0379. The molecule has 9 N–H and O–H groups in total. The van der Waals surface area contributed by atoms with Gasteiger partial charge < -0.3 is 36.9 Å². The van der Waals surface area contributed by atoms with Gasteiger partial charge in [-0.05, 0) is 11.8 Å². The summed E-state index contributed by atoms with van der Waals surface area (Å²) < 4.78 is 1.28. The lowest BCUT2D eigenvalue weighted by Gasteiger charge is -2.53. The van der Waals surface area contributed by atoms with E-state index in [9.17, 15) is 19.5 Å². The Morgan fingerprint density at radius 1 is 1.43 bits per heavy atom. The first-order valence-electron chi connectivity index (χ1n) is 10.7. The predicted octanol–water partition coefficient (Wildman–Crippen LogP) is -1.64. The smallest absolute Gasteiger partial charge is 0.322 e. The topological polar surface area (TPSA) is 228 Å². The standard InChI is InChI=1S/C19H24N10O5S3/c1-23-10-3-9(20)25-18(29(10)22)37-7-19(16(32)33)5-28-14(31)12(15(28)36-6-19)26-13(30)11(27-34-2)8-4-35-17(21)24-8/h3-4,12,15H,5-7,22H2,1-2H3,(H6,20,21,23,24,26,30,32,33)/p+1/t12?,15-,19?/m1/s1. The molecular weight excluding hydrogens is 544 g/mol. The zero-order chi connectivity index (χ0) is 26.9. The van der Waals surface area contributed by atoms with Crippen molar-refractivity contribution in [1.82, 2.24) is 20.2 Å². The fourth-order valence-corrected chi connectivity index (χ4v) is 7.16. The molecule has 18 heteroatoms. The number of hydrogen-bond donors (Lipinski definition) is 6. The fourth-order valence-electron chi connectivity index (χ4n) is 3.81. The third kappa shape index (κ3) is 5.03. The molecule has 3 atom stereocenters. The largest absolute Gasteiger partial charge is 0.481 e. The van der Waals surface area contributed by atoms with Gasteiger partial charge in [0.25, 0.3) is 5.91 Å². The summed E-state index contributed by atoms with van der Waals surface area (Å²) >= 11 is 3.54. The van der Waals surface area contributed by atoms with Crippen molar-refractivity contribution in [3.63, 3.8) is 0 Å². The van der Waals surface area contributed by atoms with Crippen molar-refractivity contribution >= 4 is 75.1 Å². The summed E-state index contributed by atoms with van der Waals surface area (Å²) in [6, 6.07) is 0.701. The summed E-state index contributed by atoms with van der Waals surface area (Å²) in [6.07, 6.45) is 0. The van der Waals surface area contributed by atoms with Crippen LogP contribution in [0.3, 0.4) is 0 Å². The van der Waals surface area contributed by atoms with Crippen LogP contribution in [0.2, 0.25) is 0 Å². The number of carboxylic acid groups (broad SMARTS) is 1. The van der Waals surface area contributed by atoms with Gasteiger partial charge in [0.1, 0.15) is 29.6 Å². The molecule has 0 spiro atoms. The van der Waals surface area contributed by atoms with E-state index in [-0.39, 0.29) is 40.4 Å². The zero-order valence-electron chi connectivity index (χ0n) is 19.7. The van der Waals surface area contributed by atoms with E-state index in [0.717, 1.165) is 23.1 Å². The number of nitrogens with two attached hydrogens (primary N) is 3. The van der Waals surface area contributed by atoms with Gasteiger partial charge in [-0.1, -0.05) is 10.1 Å². The molecule has 0 aliphatic carbocycles. The first-order valence-corrected chi connectivity index (χ1v) is 13.6. The summed E-state index contributed by atoms with van der Waals surface area (Å²) in [5.74, 6) is 4.98. The highest BCUT2D eigenvalue weighted by Crippen LogP contribution is 2.44. The number of nitrogens with zero attached hydrogens (tertiary/aromatic N) is 5. The van der Waals surface area contributed by atoms with Crippen molar-refractivity contribution in [2.24, 2.45) is 10.6 Å². The van der Waals surface area contributed by atoms with Crippen LogP contribution < -0.4 is 32.6 Å². The average molecular weight is 570 g/mol. The molecule has 2 unspecified atom stereocenters. The van der Waals surface area contributed by atoms with Gasteiger partial charge in [-0.2, -0.15) is 0 Å². The molecule has 4 heterocycles. The minimum atomic E-state index is -1.27. The number of rotatable bonds is 9. The Balaban J connectivity index is 1.45. The number of fused-ring (bicyclic) bond motifs is 1. The Hall–Kier alpha value is -3.51. The summed E-state index contributed by atoms with van der Waals surface area (Å²) in [5.41, 5.74) is 10.3. The number of oxime groups is 1. The van der Waals surface area contributed by atoms with Gasteiger partial charge in [-0.15, -0.1) is 27.8 Å². The van der Waals surface area contributed by atoms with Crippen LogP contribution in [0.5, 0.6) is 0 Å². The van der Waals surface area contributed by atoms with E-state index in [0.29, 0.717) is 11.0 Å². The van der Waals surface area contributed by atoms with Gasteiger partial charge in [0.05, 0.1) is 6.07 Å². The molecule has 2 fully saturated rings. The molecule has 2 aromatic heterocycles. The number of carbonyl (C=O) groups excluding carboxylic acids is 2. The lowest BCUT2D eigenvalue weighted by atomic mass is 9.89. The van der Waals surface area contributed by atoms with Crippen LogP contribution in [-0.2, 0) is 19.2 Å². The highest BCUT2D eigenvalue weighted by Gasteiger charge is 2.57.